The van der Waals surface area contributed by atoms with Gasteiger partial charge in [-0.05, 0) is 28.1 Å². The number of amides is 1. The van der Waals surface area contributed by atoms with Gasteiger partial charge < -0.3 is 14.8 Å². The molecule has 1 amide bonds. The van der Waals surface area contributed by atoms with E-state index in [0.29, 0.717) is 27.9 Å². The van der Waals surface area contributed by atoms with Gasteiger partial charge in [0.05, 0.1) is 10.7 Å². The second-order valence-electron chi connectivity index (χ2n) is 4.00. The van der Waals surface area contributed by atoms with Gasteiger partial charge in [0.15, 0.2) is 11.5 Å². The van der Waals surface area contributed by atoms with Gasteiger partial charge in [0.25, 0.3) is 5.91 Å². The van der Waals surface area contributed by atoms with Gasteiger partial charge in [0.2, 0.25) is 6.79 Å². The molecule has 1 aliphatic rings. The van der Waals surface area contributed by atoms with Gasteiger partial charge in [0, 0.05) is 22.8 Å². The summed E-state index contributed by atoms with van der Waals surface area (Å²) in [5.41, 5.74) is 0.743. The molecule has 1 aromatic heterocycles. The van der Waals surface area contributed by atoms with Gasteiger partial charge >= 0.3 is 0 Å². The third kappa shape index (κ3) is 2.57. The van der Waals surface area contributed by atoms with E-state index in [1.807, 2.05) is 0 Å². The van der Waals surface area contributed by atoms with Crippen LogP contribution in [-0.4, -0.2) is 17.7 Å². The first kappa shape index (κ1) is 13.2. The Bertz CT molecular complexity index is 676. The minimum absolute atomic E-state index is 0.150. The van der Waals surface area contributed by atoms with Crippen molar-refractivity contribution in [2.75, 3.05) is 12.1 Å². The van der Waals surface area contributed by atoms with E-state index in [-0.39, 0.29) is 12.7 Å². The number of pyridine rings is 1. The van der Waals surface area contributed by atoms with E-state index in [1.165, 1.54) is 0 Å². The van der Waals surface area contributed by atoms with Crippen molar-refractivity contribution in [3.05, 3.63) is 45.7 Å². The van der Waals surface area contributed by atoms with Crippen molar-refractivity contribution >= 4 is 39.1 Å². The Balaban J connectivity index is 1.84. The van der Waals surface area contributed by atoms with E-state index in [4.69, 9.17) is 21.1 Å². The maximum Gasteiger partial charge on any atom is 0.274 e. The Morgan fingerprint density at radius 3 is 2.75 bits per heavy atom. The van der Waals surface area contributed by atoms with Crippen LogP contribution in [0.2, 0.25) is 5.02 Å². The van der Waals surface area contributed by atoms with Crippen LogP contribution in [0.3, 0.4) is 0 Å². The van der Waals surface area contributed by atoms with Gasteiger partial charge in [-0.2, -0.15) is 0 Å². The molecule has 7 heteroatoms. The second-order valence-corrected chi connectivity index (χ2v) is 5.32. The largest absolute Gasteiger partial charge is 0.454 e. The van der Waals surface area contributed by atoms with Crippen LogP contribution in [0, 0.1) is 0 Å². The Morgan fingerprint density at radius 2 is 2.05 bits per heavy atom. The molecule has 3 rings (SSSR count). The lowest BCUT2D eigenvalue weighted by atomic mass is 10.2. The molecule has 2 heterocycles. The highest BCUT2D eigenvalue weighted by Gasteiger charge is 2.18. The van der Waals surface area contributed by atoms with Crippen molar-refractivity contribution in [2.24, 2.45) is 0 Å². The molecular weight excluding hydrogens is 348 g/mol. The number of benzene rings is 1. The quantitative estimate of drug-likeness (QED) is 0.896. The smallest absolute Gasteiger partial charge is 0.274 e. The van der Waals surface area contributed by atoms with Crippen LogP contribution in [0.5, 0.6) is 11.5 Å². The first-order valence-corrected chi connectivity index (χ1v) is 6.82. The number of anilines is 1. The fourth-order valence-corrected chi connectivity index (χ4v) is 2.14. The third-order valence-electron chi connectivity index (χ3n) is 2.67. The Hall–Kier alpha value is -1.79. The highest BCUT2D eigenvalue weighted by atomic mass is 79.9. The maximum atomic E-state index is 12.1. The van der Waals surface area contributed by atoms with Crippen molar-refractivity contribution in [3.8, 4) is 11.5 Å². The molecule has 0 atom stereocenters. The number of halogens is 2. The fourth-order valence-electron chi connectivity index (χ4n) is 1.71. The summed E-state index contributed by atoms with van der Waals surface area (Å²) in [4.78, 5) is 16.1. The van der Waals surface area contributed by atoms with E-state index < -0.39 is 0 Å². The molecule has 102 valence electrons. The number of nitrogens with zero attached hydrogens (tertiary/aromatic N) is 1. The first-order chi connectivity index (χ1) is 9.63. The topological polar surface area (TPSA) is 60.5 Å². The van der Waals surface area contributed by atoms with Crippen molar-refractivity contribution in [3.63, 3.8) is 0 Å². The van der Waals surface area contributed by atoms with Gasteiger partial charge in [-0.25, -0.2) is 4.98 Å². The standard InChI is InChI=1S/C13H8BrClN2O3/c14-7-1-2-9(16-5-7)13(18)17-10-4-12-11(3-8(10)15)19-6-20-12/h1-5H,6H2,(H,17,18). The SMILES string of the molecule is O=C(Nc1cc2c(cc1Cl)OCO2)c1ccc(Br)cn1. The zero-order valence-electron chi connectivity index (χ0n) is 10.0. The number of rotatable bonds is 2. The lowest BCUT2D eigenvalue weighted by Gasteiger charge is -2.08. The number of carbonyl (C=O) groups excluding carboxylic acids is 1. The average Bonchev–Trinajstić information content (AvgIpc) is 2.87. The van der Waals surface area contributed by atoms with Gasteiger partial charge in [0.1, 0.15) is 5.69 Å². The summed E-state index contributed by atoms with van der Waals surface area (Å²) in [5, 5.41) is 3.07. The zero-order chi connectivity index (χ0) is 14.1. The predicted molar refractivity (Wildman–Crippen MR) is 77.5 cm³/mol. The molecule has 1 aliphatic heterocycles. The molecule has 0 fully saturated rings. The summed E-state index contributed by atoms with van der Waals surface area (Å²) in [7, 11) is 0. The Morgan fingerprint density at radius 1 is 1.30 bits per heavy atom. The normalized spacial score (nSPS) is 12.3. The molecule has 0 aliphatic carbocycles. The van der Waals surface area contributed by atoms with Gasteiger partial charge in [-0.3, -0.25) is 4.79 Å². The van der Waals surface area contributed by atoms with Gasteiger partial charge in [-0.15, -0.1) is 0 Å². The molecule has 0 bridgehead atoms. The Kier molecular flexibility index (Phi) is 3.50. The second kappa shape index (κ2) is 5.30. The molecule has 5 nitrogen and oxygen atoms in total. The predicted octanol–water partition coefficient (Wildman–Crippen LogP) is 3.48. The van der Waals surface area contributed by atoms with E-state index in [2.05, 4.69) is 26.2 Å². The summed E-state index contributed by atoms with van der Waals surface area (Å²) < 4.78 is 11.2. The average molecular weight is 356 g/mol. The molecule has 0 spiro atoms. The maximum absolute atomic E-state index is 12.1. The summed E-state index contributed by atoms with van der Waals surface area (Å²) in [5.74, 6) is 0.765. The van der Waals surface area contributed by atoms with E-state index in [0.717, 1.165) is 4.47 Å². The van der Waals surface area contributed by atoms with Crippen LogP contribution in [0.25, 0.3) is 0 Å². The van der Waals surface area contributed by atoms with Crippen LogP contribution in [-0.2, 0) is 0 Å². The molecule has 1 N–H and O–H groups in total. The molecular formula is C13H8BrClN2O3. The van der Waals surface area contributed by atoms with Crippen LogP contribution in [0.4, 0.5) is 5.69 Å². The minimum atomic E-state index is -0.349. The lowest BCUT2D eigenvalue weighted by Crippen LogP contribution is -2.13. The first-order valence-electron chi connectivity index (χ1n) is 5.65. The molecule has 0 saturated heterocycles. The summed E-state index contributed by atoms with van der Waals surface area (Å²) in [6.45, 7) is 0.150. The number of hydrogen-bond donors (Lipinski definition) is 1. The van der Waals surface area contributed by atoms with E-state index >= 15 is 0 Å². The zero-order valence-corrected chi connectivity index (χ0v) is 12.4. The van der Waals surface area contributed by atoms with Crippen LogP contribution < -0.4 is 14.8 Å². The van der Waals surface area contributed by atoms with Crippen molar-refractivity contribution < 1.29 is 14.3 Å². The third-order valence-corrected chi connectivity index (χ3v) is 3.45. The lowest BCUT2D eigenvalue weighted by molar-refractivity contribution is 0.102. The molecule has 20 heavy (non-hydrogen) atoms. The number of hydrogen-bond acceptors (Lipinski definition) is 4. The van der Waals surface area contributed by atoms with E-state index in [9.17, 15) is 4.79 Å². The van der Waals surface area contributed by atoms with Crippen molar-refractivity contribution in [2.45, 2.75) is 0 Å². The molecule has 0 radical (unpaired) electrons. The van der Waals surface area contributed by atoms with Gasteiger partial charge in [-0.1, -0.05) is 11.6 Å². The molecule has 0 saturated carbocycles. The number of fused-ring (bicyclic) bond motifs is 1. The highest BCUT2D eigenvalue weighted by Crippen LogP contribution is 2.39. The van der Waals surface area contributed by atoms with Crippen LogP contribution in [0.1, 0.15) is 10.5 Å². The molecule has 0 unspecified atom stereocenters. The summed E-state index contributed by atoms with van der Waals surface area (Å²) >= 11 is 9.35. The molecule has 2 aromatic rings. The number of nitrogens with one attached hydrogen (secondary N) is 1. The van der Waals surface area contributed by atoms with Crippen LogP contribution in [0.15, 0.2) is 34.9 Å². The fraction of sp³-hybridized carbons (Fsp3) is 0.0769. The Labute approximate surface area is 128 Å². The monoisotopic (exact) mass is 354 g/mol. The van der Waals surface area contributed by atoms with Crippen molar-refractivity contribution in [1.29, 1.82) is 0 Å². The molecule has 1 aromatic carbocycles. The summed E-state index contributed by atoms with van der Waals surface area (Å²) in [6, 6.07) is 6.58. The van der Waals surface area contributed by atoms with Crippen molar-refractivity contribution in [1.82, 2.24) is 4.98 Å². The van der Waals surface area contributed by atoms with E-state index in [1.54, 1.807) is 30.5 Å². The summed E-state index contributed by atoms with van der Waals surface area (Å²) in [6.07, 6.45) is 1.55. The minimum Gasteiger partial charge on any atom is -0.454 e. The number of aromatic nitrogens is 1. The number of carbonyl (C=O) groups is 1. The highest BCUT2D eigenvalue weighted by molar-refractivity contribution is 9.10. The number of ether oxygens (including phenoxy) is 2. The van der Waals surface area contributed by atoms with Crippen LogP contribution >= 0.6 is 27.5 Å².